The molecule has 1 aromatic rings. The molecule has 1 N–H and O–H groups in total. The molecule has 8 heteroatoms. The maximum atomic E-state index is 12.2. The van der Waals surface area contributed by atoms with Crippen LogP contribution < -0.4 is 5.32 Å². The zero-order valence-electron chi connectivity index (χ0n) is 12.7. The van der Waals surface area contributed by atoms with Gasteiger partial charge in [0, 0.05) is 19.5 Å². The second-order valence-electron chi connectivity index (χ2n) is 6.27. The van der Waals surface area contributed by atoms with Crippen LogP contribution >= 0.6 is 0 Å². The molecule has 2 aliphatic heterocycles. The molecule has 0 unspecified atom stereocenters. The molecule has 0 aromatic carbocycles. The molecule has 0 bridgehead atoms. The van der Waals surface area contributed by atoms with E-state index in [0.29, 0.717) is 31.8 Å². The average Bonchev–Trinajstić information content (AvgIpc) is 3.19. The first-order valence-corrected chi connectivity index (χ1v) is 9.53. The molecule has 2 aliphatic rings. The molecule has 1 aromatic heterocycles. The predicted octanol–water partition coefficient (Wildman–Crippen LogP) is 0.179. The number of rotatable bonds is 5. The molecule has 2 fully saturated rings. The van der Waals surface area contributed by atoms with Crippen molar-refractivity contribution in [1.82, 2.24) is 10.2 Å². The summed E-state index contributed by atoms with van der Waals surface area (Å²) in [5.74, 6) is 0.398. The molecule has 2 atom stereocenters. The Morgan fingerprint density at radius 3 is 2.91 bits per heavy atom. The Kier molecular flexibility index (Phi) is 4.43. The highest BCUT2D eigenvalue weighted by Gasteiger charge is 2.35. The first-order valence-electron chi connectivity index (χ1n) is 7.71. The second-order valence-corrected chi connectivity index (χ2v) is 8.50. The summed E-state index contributed by atoms with van der Waals surface area (Å²) in [6, 6.07) is 3.55. The Labute approximate surface area is 134 Å². The smallest absolute Gasteiger partial charge is 0.225 e. The van der Waals surface area contributed by atoms with E-state index in [9.17, 15) is 18.0 Å². The summed E-state index contributed by atoms with van der Waals surface area (Å²) >= 11 is 0. The lowest BCUT2D eigenvalue weighted by Crippen LogP contribution is -2.36. The topological polar surface area (TPSA) is 96.7 Å². The lowest BCUT2D eigenvalue weighted by atomic mass is 10.1. The molecule has 0 aliphatic carbocycles. The van der Waals surface area contributed by atoms with E-state index in [-0.39, 0.29) is 41.6 Å². The third-order valence-corrected chi connectivity index (χ3v) is 6.24. The van der Waals surface area contributed by atoms with Gasteiger partial charge in [-0.2, -0.15) is 0 Å². The van der Waals surface area contributed by atoms with Crippen molar-refractivity contribution in [2.24, 2.45) is 11.8 Å². The number of carbonyl (C=O) groups is 2. The standard InChI is InChI=1S/C15H20N2O5S/c18-14-6-12(8-17(14)9-13-2-1-4-22-13)15(19)16-7-11-3-5-23(20,21)10-11/h1-2,4,11-12H,3,5-10H2,(H,16,19)/t11-,12+/m1/s1. The van der Waals surface area contributed by atoms with Crippen molar-refractivity contribution in [2.45, 2.75) is 19.4 Å². The van der Waals surface area contributed by atoms with Gasteiger partial charge in [0.1, 0.15) is 5.76 Å². The van der Waals surface area contributed by atoms with Crippen LogP contribution in [0.15, 0.2) is 22.8 Å². The van der Waals surface area contributed by atoms with Gasteiger partial charge in [-0.25, -0.2) is 8.42 Å². The van der Waals surface area contributed by atoms with E-state index in [1.807, 2.05) is 0 Å². The van der Waals surface area contributed by atoms with Crippen molar-refractivity contribution in [3.8, 4) is 0 Å². The molecule has 3 rings (SSSR count). The number of hydrogen-bond donors (Lipinski definition) is 1. The van der Waals surface area contributed by atoms with Crippen LogP contribution in [0.1, 0.15) is 18.6 Å². The molecule has 0 saturated carbocycles. The molecular formula is C15H20N2O5S. The van der Waals surface area contributed by atoms with Gasteiger partial charge >= 0.3 is 0 Å². The lowest BCUT2D eigenvalue weighted by molar-refractivity contribution is -0.129. The van der Waals surface area contributed by atoms with E-state index in [4.69, 9.17) is 4.42 Å². The fraction of sp³-hybridized carbons (Fsp3) is 0.600. The van der Waals surface area contributed by atoms with Crippen LogP contribution in [0.25, 0.3) is 0 Å². The Bertz CT molecular complexity index is 683. The van der Waals surface area contributed by atoms with Gasteiger partial charge in [-0.3, -0.25) is 9.59 Å². The third-order valence-electron chi connectivity index (χ3n) is 4.40. The fourth-order valence-corrected chi connectivity index (χ4v) is 4.98. The molecule has 3 heterocycles. The first-order chi connectivity index (χ1) is 10.9. The minimum absolute atomic E-state index is 0.0136. The summed E-state index contributed by atoms with van der Waals surface area (Å²) in [4.78, 5) is 25.8. The maximum absolute atomic E-state index is 12.2. The molecule has 7 nitrogen and oxygen atoms in total. The van der Waals surface area contributed by atoms with Crippen LogP contribution in [0.3, 0.4) is 0 Å². The monoisotopic (exact) mass is 340 g/mol. The van der Waals surface area contributed by atoms with E-state index in [1.54, 1.807) is 23.3 Å². The van der Waals surface area contributed by atoms with E-state index in [0.717, 1.165) is 0 Å². The number of sulfone groups is 1. The number of nitrogens with one attached hydrogen (secondary N) is 1. The van der Waals surface area contributed by atoms with Crippen molar-refractivity contribution in [3.05, 3.63) is 24.2 Å². The van der Waals surface area contributed by atoms with Gasteiger partial charge in [-0.1, -0.05) is 0 Å². The highest BCUT2D eigenvalue weighted by molar-refractivity contribution is 7.91. The number of amides is 2. The van der Waals surface area contributed by atoms with Crippen LogP contribution in [-0.2, 0) is 26.0 Å². The normalized spacial score (nSPS) is 26.6. The van der Waals surface area contributed by atoms with Crippen molar-refractivity contribution < 1.29 is 22.4 Å². The molecule has 126 valence electrons. The number of nitrogens with zero attached hydrogens (tertiary/aromatic N) is 1. The van der Waals surface area contributed by atoms with Gasteiger partial charge in [0.2, 0.25) is 11.8 Å². The Balaban J connectivity index is 1.48. The first kappa shape index (κ1) is 16.0. The van der Waals surface area contributed by atoms with Crippen molar-refractivity contribution in [3.63, 3.8) is 0 Å². The van der Waals surface area contributed by atoms with Crippen LogP contribution in [0.4, 0.5) is 0 Å². The van der Waals surface area contributed by atoms with Crippen LogP contribution in [0.5, 0.6) is 0 Å². The Morgan fingerprint density at radius 1 is 1.43 bits per heavy atom. The molecule has 2 amide bonds. The maximum Gasteiger partial charge on any atom is 0.225 e. The van der Waals surface area contributed by atoms with E-state index in [2.05, 4.69) is 5.32 Å². The van der Waals surface area contributed by atoms with Crippen molar-refractivity contribution in [1.29, 1.82) is 0 Å². The molecule has 0 radical (unpaired) electrons. The van der Waals surface area contributed by atoms with Crippen LogP contribution in [-0.4, -0.2) is 49.7 Å². The van der Waals surface area contributed by atoms with Crippen LogP contribution in [0.2, 0.25) is 0 Å². The quantitative estimate of drug-likeness (QED) is 0.825. The Morgan fingerprint density at radius 2 is 2.26 bits per heavy atom. The zero-order valence-corrected chi connectivity index (χ0v) is 13.5. The average molecular weight is 340 g/mol. The number of hydrogen-bond acceptors (Lipinski definition) is 5. The minimum atomic E-state index is -2.93. The fourth-order valence-electron chi connectivity index (χ4n) is 3.11. The molecule has 0 spiro atoms. The summed E-state index contributed by atoms with van der Waals surface area (Å²) in [5, 5.41) is 2.80. The van der Waals surface area contributed by atoms with Gasteiger partial charge in [0.05, 0.1) is 30.2 Å². The molecule has 23 heavy (non-hydrogen) atoms. The molecular weight excluding hydrogens is 320 g/mol. The largest absolute Gasteiger partial charge is 0.467 e. The number of likely N-dealkylation sites (tertiary alicyclic amines) is 1. The highest BCUT2D eigenvalue weighted by Crippen LogP contribution is 2.21. The molecule has 2 saturated heterocycles. The second kappa shape index (κ2) is 6.35. The number of carbonyl (C=O) groups excluding carboxylic acids is 2. The van der Waals surface area contributed by atoms with Gasteiger partial charge in [0.25, 0.3) is 0 Å². The van der Waals surface area contributed by atoms with Gasteiger partial charge in [0.15, 0.2) is 9.84 Å². The Hall–Kier alpha value is -1.83. The van der Waals surface area contributed by atoms with Crippen molar-refractivity contribution >= 4 is 21.7 Å². The van der Waals surface area contributed by atoms with E-state index < -0.39 is 9.84 Å². The summed E-state index contributed by atoms with van der Waals surface area (Å²) in [6.07, 6.45) is 2.34. The number of furan rings is 1. The summed E-state index contributed by atoms with van der Waals surface area (Å²) in [6.45, 7) is 1.10. The van der Waals surface area contributed by atoms with Crippen LogP contribution in [0, 0.1) is 11.8 Å². The van der Waals surface area contributed by atoms with Crippen molar-refractivity contribution in [2.75, 3.05) is 24.6 Å². The summed E-state index contributed by atoms with van der Waals surface area (Å²) in [5.41, 5.74) is 0. The zero-order chi connectivity index (χ0) is 16.4. The van der Waals surface area contributed by atoms with Gasteiger partial charge < -0.3 is 14.6 Å². The summed E-state index contributed by atoms with van der Waals surface area (Å²) in [7, 11) is -2.93. The predicted molar refractivity (Wildman–Crippen MR) is 82.0 cm³/mol. The SMILES string of the molecule is O=C(NC[C@H]1CCS(=O)(=O)C1)[C@H]1CC(=O)N(Cc2ccco2)C1. The van der Waals surface area contributed by atoms with E-state index >= 15 is 0 Å². The minimum Gasteiger partial charge on any atom is -0.467 e. The van der Waals surface area contributed by atoms with Gasteiger partial charge in [-0.15, -0.1) is 0 Å². The third kappa shape index (κ3) is 3.93. The summed E-state index contributed by atoms with van der Waals surface area (Å²) < 4.78 is 28.0. The highest BCUT2D eigenvalue weighted by atomic mass is 32.2. The van der Waals surface area contributed by atoms with E-state index in [1.165, 1.54) is 0 Å². The lowest BCUT2D eigenvalue weighted by Gasteiger charge is -2.16. The van der Waals surface area contributed by atoms with Gasteiger partial charge in [-0.05, 0) is 24.5 Å².